The summed E-state index contributed by atoms with van der Waals surface area (Å²) in [7, 11) is 0. The number of aromatic nitrogens is 4. The van der Waals surface area contributed by atoms with Crippen molar-refractivity contribution < 1.29 is 4.79 Å². The molecule has 1 aromatic rings. The number of hydrogen-bond acceptors (Lipinski definition) is 4. The monoisotopic (exact) mass is 237 g/mol. The van der Waals surface area contributed by atoms with Gasteiger partial charge in [-0.15, -0.1) is 5.10 Å². The van der Waals surface area contributed by atoms with E-state index in [4.69, 9.17) is 0 Å². The largest absolute Gasteiger partial charge is 0.351 e. The second kappa shape index (κ2) is 5.25. The van der Waals surface area contributed by atoms with Gasteiger partial charge in [0.2, 0.25) is 5.91 Å². The lowest BCUT2D eigenvalue weighted by Crippen LogP contribution is -2.44. The summed E-state index contributed by atoms with van der Waals surface area (Å²) in [4.78, 5) is 11.8. The van der Waals surface area contributed by atoms with E-state index in [2.05, 4.69) is 34.7 Å². The number of tetrazole rings is 1. The number of nitrogens with zero attached hydrogens (tertiary/aromatic N) is 4. The minimum Gasteiger partial charge on any atom is -0.351 e. The first-order valence-electron chi connectivity index (χ1n) is 6.17. The van der Waals surface area contributed by atoms with E-state index in [1.807, 2.05) is 0 Å². The number of carbonyl (C=O) groups excluding carboxylic acids is 1. The molecule has 1 aliphatic rings. The Morgan fingerprint density at radius 1 is 1.47 bits per heavy atom. The van der Waals surface area contributed by atoms with Crippen molar-refractivity contribution in [2.24, 2.45) is 11.8 Å². The number of hydrogen-bond donors (Lipinski definition) is 1. The van der Waals surface area contributed by atoms with E-state index in [-0.39, 0.29) is 12.5 Å². The van der Waals surface area contributed by atoms with Gasteiger partial charge in [-0.1, -0.05) is 26.7 Å². The summed E-state index contributed by atoms with van der Waals surface area (Å²) < 4.78 is 1.44. The zero-order valence-corrected chi connectivity index (χ0v) is 10.3. The Morgan fingerprint density at radius 3 is 3.00 bits per heavy atom. The van der Waals surface area contributed by atoms with Gasteiger partial charge < -0.3 is 5.32 Å². The summed E-state index contributed by atoms with van der Waals surface area (Å²) in [6.45, 7) is 4.67. The molecule has 0 bridgehead atoms. The zero-order valence-electron chi connectivity index (χ0n) is 10.3. The molecular formula is C11H19N5O. The van der Waals surface area contributed by atoms with Crippen molar-refractivity contribution in [3.05, 3.63) is 6.33 Å². The highest BCUT2D eigenvalue weighted by Crippen LogP contribution is 2.29. The third-order valence-corrected chi connectivity index (χ3v) is 3.75. The fourth-order valence-electron chi connectivity index (χ4n) is 2.44. The van der Waals surface area contributed by atoms with E-state index >= 15 is 0 Å². The van der Waals surface area contributed by atoms with Crippen molar-refractivity contribution in [1.82, 2.24) is 25.5 Å². The Labute approximate surface area is 101 Å². The van der Waals surface area contributed by atoms with Crippen LogP contribution in [0, 0.1) is 11.8 Å². The highest BCUT2D eigenvalue weighted by atomic mass is 16.2. The lowest BCUT2D eigenvalue weighted by Gasteiger charge is -2.34. The van der Waals surface area contributed by atoms with E-state index in [9.17, 15) is 4.79 Å². The van der Waals surface area contributed by atoms with Crippen molar-refractivity contribution in [3.63, 3.8) is 0 Å². The molecule has 6 heteroatoms. The van der Waals surface area contributed by atoms with Gasteiger partial charge in [-0.05, 0) is 28.7 Å². The van der Waals surface area contributed by atoms with E-state index < -0.39 is 0 Å². The molecule has 3 atom stereocenters. The van der Waals surface area contributed by atoms with Crippen molar-refractivity contribution in [3.8, 4) is 0 Å². The number of rotatable bonds is 3. The van der Waals surface area contributed by atoms with Gasteiger partial charge >= 0.3 is 0 Å². The average Bonchev–Trinajstić information content (AvgIpc) is 2.77. The number of amides is 1. The predicted octanol–water partition coefficient (Wildman–Crippen LogP) is 0.614. The standard InChI is InChI=1S/C11H19N5O/c1-8-4-3-5-10(9(8)2)13-11(17)6-16-7-12-14-15-16/h7-10H,3-6H2,1-2H3,(H,13,17)/t8-,9-,10-/m1/s1. The molecule has 0 aliphatic heterocycles. The first-order chi connectivity index (χ1) is 8.16. The van der Waals surface area contributed by atoms with Crippen LogP contribution in [0.15, 0.2) is 6.33 Å². The summed E-state index contributed by atoms with van der Waals surface area (Å²) in [6, 6.07) is 0.294. The molecule has 1 fully saturated rings. The molecule has 0 spiro atoms. The molecule has 2 rings (SSSR count). The molecule has 1 aliphatic carbocycles. The summed E-state index contributed by atoms with van der Waals surface area (Å²) >= 11 is 0. The first-order valence-corrected chi connectivity index (χ1v) is 6.17. The van der Waals surface area contributed by atoms with E-state index in [1.54, 1.807) is 0 Å². The van der Waals surface area contributed by atoms with Crippen LogP contribution in [0.4, 0.5) is 0 Å². The molecule has 1 amide bonds. The summed E-state index contributed by atoms with van der Waals surface area (Å²) in [6.07, 6.45) is 4.99. The topological polar surface area (TPSA) is 72.7 Å². The normalized spacial score (nSPS) is 28.9. The van der Waals surface area contributed by atoms with Crippen LogP contribution in [-0.4, -0.2) is 32.2 Å². The van der Waals surface area contributed by atoms with Crippen molar-refractivity contribution in [2.45, 2.75) is 45.7 Å². The maximum absolute atomic E-state index is 11.8. The molecule has 0 radical (unpaired) electrons. The maximum Gasteiger partial charge on any atom is 0.242 e. The molecule has 1 aromatic heterocycles. The molecular weight excluding hydrogens is 218 g/mol. The summed E-state index contributed by atoms with van der Waals surface area (Å²) in [5.74, 6) is 1.21. The Balaban J connectivity index is 1.85. The molecule has 0 aromatic carbocycles. The third-order valence-electron chi connectivity index (χ3n) is 3.75. The summed E-state index contributed by atoms with van der Waals surface area (Å²) in [5.41, 5.74) is 0. The molecule has 17 heavy (non-hydrogen) atoms. The molecule has 1 N–H and O–H groups in total. The van der Waals surface area contributed by atoms with Gasteiger partial charge in [0.1, 0.15) is 12.9 Å². The highest BCUT2D eigenvalue weighted by Gasteiger charge is 2.28. The lowest BCUT2D eigenvalue weighted by atomic mass is 9.78. The molecule has 0 unspecified atom stereocenters. The van der Waals surface area contributed by atoms with Crippen molar-refractivity contribution >= 4 is 5.91 Å². The molecule has 6 nitrogen and oxygen atoms in total. The quantitative estimate of drug-likeness (QED) is 0.836. The number of nitrogens with one attached hydrogen (secondary N) is 1. The Bertz CT molecular complexity index is 364. The highest BCUT2D eigenvalue weighted by molar-refractivity contribution is 5.75. The first kappa shape index (κ1) is 12.0. The van der Waals surface area contributed by atoms with Gasteiger partial charge in [0, 0.05) is 6.04 Å². The van der Waals surface area contributed by atoms with Crippen molar-refractivity contribution in [1.29, 1.82) is 0 Å². The second-order valence-electron chi connectivity index (χ2n) is 4.95. The van der Waals surface area contributed by atoms with Crippen LogP contribution in [0.1, 0.15) is 33.1 Å². The Kier molecular flexibility index (Phi) is 3.71. The van der Waals surface area contributed by atoms with E-state index in [1.165, 1.54) is 23.9 Å². The van der Waals surface area contributed by atoms with E-state index in [0.717, 1.165) is 6.42 Å². The zero-order chi connectivity index (χ0) is 12.3. The SMILES string of the molecule is C[C@@H]1[C@H](C)CCC[C@H]1NC(=O)Cn1cnnn1. The molecule has 0 saturated heterocycles. The van der Waals surface area contributed by atoms with Crippen LogP contribution in [0.3, 0.4) is 0 Å². The van der Waals surface area contributed by atoms with Crippen LogP contribution in [-0.2, 0) is 11.3 Å². The number of carbonyl (C=O) groups is 1. The van der Waals surface area contributed by atoms with Crippen LogP contribution >= 0.6 is 0 Å². The van der Waals surface area contributed by atoms with Crippen LogP contribution in [0.2, 0.25) is 0 Å². The van der Waals surface area contributed by atoms with Gasteiger partial charge in [-0.25, -0.2) is 4.68 Å². The maximum atomic E-state index is 11.8. The van der Waals surface area contributed by atoms with Gasteiger partial charge in [0.05, 0.1) is 0 Å². The van der Waals surface area contributed by atoms with Crippen LogP contribution < -0.4 is 5.32 Å². The molecule has 1 saturated carbocycles. The van der Waals surface area contributed by atoms with Gasteiger partial charge in [0.15, 0.2) is 0 Å². The molecule has 1 heterocycles. The van der Waals surface area contributed by atoms with Crippen LogP contribution in [0.25, 0.3) is 0 Å². The van der Waals surface area contributed by atoms with E-state index in [0.29, 0.717) is 17.9 Å². The predicted molar refractivity (Wildman–Crippen MR) is 61.9 cm³/mol. The van der Waals surface area contributed by atoms with Crippen molar-refractivity contribution in [2.75, 3.05) is 0 Å². The van der Waals surface area contributed by atoms with Crippen LogP contribution in [0.5, 0.6) is 0 Å². The van der Waals surface area contributed by atoms with Gasteiger partial charge in [-0.3, -0.25) is 4.79 Å². The minimum atomic E-state index is -0.0109. The van der Waals surface area contributed by atoms with Gasteiger partial charge in [0.25, 0.3) is 0 Å². The smallest absolute Gasteiger partial charge is 0.242 e. The molecule has 94 valence electrons. The fraction of sp³-hybridized carbons (Fsp3) is 0.818. The lowest BCUT2D eigenvalue weighted by molar-refractivity contribution is -0.123. The fourth-order valence-corrected chi connectivity index (χ4v) is 2.44. The summed E-state index contributed by atoms with van der Waals surface area (Å²) in [5, 5.41) is 13.8. The Hall–Kier alpha value is -1.46. The minimum absolute atomic E-state index is 0.0109. The second-order valence-corrected chi connectivity index (χ2v) is 4.95. The Morgan fingerprint density at radius 2 is 2.29 bits per heavy atom. The van der Waals surface area contributed by atoms with Gasteiger partial charge in [-0.2, -0.15) is 0 Å². The third kappa shape index (κ3) is 3.01. The average molecular weight is 237 g/mol.